The van der Waals surface area contributed by atoms with Crippen molar-refractivity contribution in [2.75, 3.05) is 36.9 Å². The Kier molecular flexibility index (Phi) is 6.83. The van der Waals surface area contributed by atoms with Crippen LogP contribution in [-0.4, -0.2) is 58.5 Å². The summed E-state index contributed by atoms with van der Waals surface area (Å²) >= 11 is 0. The summed E-state index contributed by atoms with van der Waals surface area (Å²) < 4.78 is 5.02. The fourth-order valence-corrected chi connectivity index (χ4v) is 2.45. The van der Waals surface area contributed by atoms with Crippen molar-refractivity contribution in [3.05, 3.63) is 6.20 Å². The van der Waals surface area contributed by atoms with E-state index in [2.05, 4.69) is 32.7 Å². The monoisotopic (exact) mass is 322 g/mol. The minimum Gasteiger partial charge on any atom is -0.450 e. The average molecular weight is 322 g/mol. The quantitative estimate of drug-likeness (QED) is 0.743. The molecule has 8 heteroatoms. The van der Waals surface area contributed by atoms with Crippen LogP contribution >= 0.6 is 0 Å². The number of nitrogens with zero attached hydrogens (tertiary/aromatic N) is 4. The Balaban J connectivity index is 1.79. The van der Waals surface area contributed by atoms with Gasteiger partial charge in [-0.1, -0.05) is 13.3 Å². The molecule has 0 unspecified atom stereocenters. The van der Waals surface area contributed by atoms with Crippen molar-refractivity contribution in [3.8, 4) is 0 Å². The number of hydrogen-bond donors (Lipinski definition) is 2. The number of piperidine rings is 1. The molecule has 0 aromatic carbocycles. The van der Waals surface area contributed by atoms with E-state index in [1.807, 2.05) is 6.92 Å². The van der Waals surface area contributed by atoms with Crippen LogP contribution in [0.15, 0.2) is 6.20 Å². The molecule has 2 N–H and O–H groups in total. The highest BCUT2D eigenvalue weighted by atomic mass is 16.6. The Morgan fingerprint density at radius 1 is 1.39 bits per heavy atom. The molecular weight excluding hydrogens is 296 g/mol. The second-order valence-corrected chi connectivity index (χ2v) is 5.55. The molecule has 1 aliphatic rings. The second-order valence-electron chi connectivity index (χ2n) is 5.55. The highest BCUT2D eigenvalue weighted by Crippen LogP contribution is 2.15. The van der Waals surface area contributed by atoms with Gasteiger partial charge in [-0.25, -0.2) is 4.79 Å². The van der Waals surface area contributed by atoms with Gasteiger partial charge in [-0.3, -0.25) is 0 Å². The van der Waals surface area contributed by atoms with E-state index >= 15 is 0 Å². The van der Waals surface area contributed by atoms with E-state index in [4.69, 9.17) is 4.74 Å². The molecule has 1 aromatic rings. The first-order valence-electron chi connectivity index (χ1n) is 8.34. The van der Waals surface area contributed by atoms with Crippen molar-refractivity contribution >= 4 is 17.9 Å². The third-order valence-corrected chi connectivity index (χ3v) is 3.75. The van der Waals surface area contributed by atoms with Crippen LogP contribution in [0.1, 0.15) is 39.5 Å². The zero-order chi connectivity index (χ0) is 16.5. The molecule has 1 aliphatic heterocycles. The van der Waals surface area contributed by atoms with Gasteiger partial charge in [0.25, 0.3) is 0 Å². The molecule has 0 bridgehead atoms. The van der Waals surface area contributed by atoms with Crippen LogP contribution in [0.3, 0.4) is 0 Å². The van der Waals surface area contributed by atoms with E-state index < -0.39 is 0 Å². The van der Waals surface area contributed by atoms with E-state index in [1.165, 1.54) is 0 Å². The molecule has 2 heterocycles. The summed E-state index contributed by atoms with van der Waals surface area (Å²) in [5, 5.41) is 14.5. The number of likely N-dealkylation sites (tertiary alicyclic amines) is 1. The molecule has 1 aromatic heterocycles. The van der Waals surface area contributed by atoms with Gasteiger partial charge in [0.2, 0.25) is 5.95 Å². The minimum atomic E-state index is -0.231. The largest absolute Gasteiger partial charge is 0.450 e. The van der Waals surface area contributed by atoms with Crippen molar-refractivity contribution in [1.82, 2.24) is 20.1 Å². The lowest BCUT2D eigenvalue weighted by atomic mass is 10.1. The number of ether oxygens (including phenoxy) is 1. The summed E-state index contributed by atoms with van der Waals surface area (Å²) in [5.41, 5.74) is 0. The Bertz CT molecular complexity index is 491. The van der Waals surface area contributed by atoms with Gasteiger partial charge in [0.1, 0.15) is 5.82 Å². The van der Waals surface area contributed by atoms with Gasteiger partial charge in [-0.2, -0.15) is 10.1 Å². The molecule has 0 spiro atoms. The number of carbonyl (C=O) groups excluding carboxylic acids is 1. The first-order valence-corrected chi connectivity index (χ1v) is 8.34. The molecule has 0 aliphatic carbocycles. The molecule has 1 saturated heterocycles. The van der Waals surface area contributed by atoms with E-state index in [1.54, 1.807) is 11.1 Å². The van der Waals surface area contributed by atoms with Gasteiger partial charge in [-0.05, 0) is 26.2 Å². The molecule has 8 nitrogen and oxygen atoms in total. The number of anilines is 2. The van der Waals surface area contributed by atoms with Crippen LogP contribution in [0.2, 0.25) is 0 Å². The number of aromatic nitrogens is 3. The summed E-state index contributed by atoms with van der Waals surface area (Å²) in [4.78, 5) is 17.8. The van der Waals surface area contributed by atoms with Crippen molar-refractivity contribution in [1.29, 1.82) is 0 Å². The van der Waals surface area contributed by atoms with Gasteiger partial charge < -0.3 is 20.3 Å². The fraction of sp³-hybridized carbons (Fsp3) is 0.733. The van der Waals surface area contributed by atoms with Crippen LogP contribution in [-0.2, 0) is 4.74 Å². The summed E-state index contributed by atoms with van der Waals surface area (Å²) in [6.07, 6.45) is 5.32. The maximum atomic E-state index is 11.7. The SMILES string of the molecule is CCCCNc1cnnc(NC2CCN(C(=O)OCC)CC2)n1. The first-order chi connectivity index (χ1) is 11.2. The zero-order valence-electron chi connectivity index (χ0n) is 13.9. The standard InChI is InChI=1S/C15H26N6O2/c1-3-5-8-16-13-11-17-20-14(19-13)18-12-6-9-21(10-7-12)15(22)23-4-2/h11-12H,3-10H2,1-2H3,(H2,16,18,19,20). The average Bonchev–Trinajstić information content (AvgIpc) is 2.56. The molecule has 0 atom stereocenters. The predicted octanol–water partition coefficient (Wildman–Crippen LogP) is 2.12. The lowest BCUT2D eigenvalue weighted by Crippen LogP contribution is -2.42. The molecule has 2 rings (SSSR count). The van der Waals surface area contributed by atoms with Crippen LogP contribution < -0.4 is 10.6 Å². The lowest BCUT2D eigenvalue weighted by molar-refractivity contribution is 0.0983. The Labute approximate surface area is 137 Å². The number of unbranched alkanes of at least 4 members (excludes halogenated alkanes) is 1. The molecule has 1 amide bonds. The number of amides is 1. The summed E-state index contributed by atoms with van der Waals surface area (Å²) in [6, 6.07) is 0.244. The van der Waals surface area contributed by atoms with Gasteiger partial charge in [0, 0.05) is 25.7 Å². The lowest BCUT2D eigenvalue weighted by Gasteiger charge is -2.31. The van der Waals surface area contributed by atoms with E-state index in [-0.39, 0.29) is 12.1 Å². The molecule has 1 fully saturated rings. The first kappa shape index (κ1) is 17.2. The smallest absolute Gasteiger partial charge is 0.409 e. The number of rotatable bonds is 7. The predicted molar refractivity (Wildman–Crippen MR) is 88.5 cm³/mol. The maximum absolute atomic E-state index is 11.7. The molecule has 0 radical (unpaired) electrons. The number of hydrogen-bond acceptors (Lipinski definition) is 7. The zero-order valence-corrected chi connectivity index (χ0v) is 13.9. The highest BCUT2D eigenvalue weighted by molar-refractivity contribution is 5.67. The van der Waals surface area contributed by atoms with E-state index in [0.29, 0.717) is 25.6 Å². The third-order valence-electron chi connectivity index (χ3n) is 3.75. The Hall–Kier alpha value is -2.12. The van der Waals surface area contributed by atoms with Gasteiger partial charge in [0.05, 0.1) is 12.8 Å². The van der Waals surface area contributed by atoms with Gasteiger partial charge in [0.15, 0.2) is 0 Å². The van der Waals surface area contributed by atoms with Crippen molar-refractivity contribution in [2.45, 2.75) is 45.6 Å². The fourth-order valence-electron chi connectivity index (χ4n) is 2.45. The highest BCUT2D eigenvalue weighted by Gasteiger charge is 2.24. The second kappa shape index (κ2) is 9.12. The summed E-state index contributed by atoms with van der Waals surface area (Å²) in [7, 11) is 0. The van der Waals surface area contributed by atoms with E-state index in [0.717, 1.165) is 38.0 Å². The number of carbonyl (C=O) groups is 1. The maximum Gasteiger partial charge on any atom is 0.409 e. The van der Waals surface area contributed by atoms with E-state index in [9.17, 15) is 4.79 Å². The topological polar surface area (TPSA) is 92.3 Å². The minimum absolute atomic E-state index is 0.231. The Morgan fingerprint density at radius 2 is 2.17 bits per heavy atom. The Morgan fingerprint density at radius 3 is 2.87 bits per heavy atom. The normalized spacial score (nSPS) is 15.3. The third kappa shape index (κ3) is 5.54. The number of nitrogens with one attached hydrogen (secondary N) is 2. The van der Waals surface area contributed by atoms with Crippen LogP contribution in [0, 0.1) is 0 Å². The van der Waals surface area contributed by atoms with Crippen LogP contribution in [0.4, 0.5) is 16.6 Å². The summed E-state index contributed by atoms with van der Waals surface area (Å²) in [5.74, 6) is 1.26. The summed E-state index contributed by atoms with van der Waals surface area (Å²) in [6.45, 7) is 6.62. The van der Waals surface area contributed by atoms with Crippen molar-refractivity contribution in [3.63, 3.8) is 0 Å². The molecular formula is C15H26N6O2. The molecule has 0 saturated carbocycles. The molecule has 128 valence electrons. The van der Waals surface area contributed by atoms with Crippen LogP contribution in [0.5, 0.6) is 0 Å². The van der Waals surface area contributed by atoms with Gasteiger partial charge in [-0.15, -0.1) is 5.10 Å². The molecule has 23 heavy (non-hydrogen) atoms. The van der Waals surface area contributed by atoms with Crippen LogP contribution in [0.25, 0.3) is 0 Å². The van der Waals surface area contributed by atoms with Crippen molar-refractivity contribution in [2.24, 2.45) is 0 Å². The van der Waals surface area contributed by atoms with Gasteiger partial charge >= 0.3 is 6.09 Å². The van der Waals surface area contributed by atoms with Crippen molar-refractivity contribution < 1.29 is 9.53 Å².